The summed E-state index contributed by atoms with van der Waals surface area (Å²) in [5.74, 6) is 1.01. The summed E-state index contributed by atoms with van der Waals surface area (Å²) in [5, 5.41) is 0. The van der Waals surface area contributed by atoms with Crippen molar-refractivity contribution < 1.29 is 19.1 Å². The van der Waals surface area contributed by atoms with Gasteiger partial charge in [0.2, 0.25) is 5.91 Å². The largest absolute Gasteiger partial charge is 0.497 e. The van der Waals surface area contributed by atoms with Crippen LogP contribution in [0.1, 0.15) is 22.3 Å². The number of pyridine rings is 1. The van der Waals surface area contributed by atoms with E-state index >= 15 is 0 Å². The molecule has 0 N–H and O–H groups in total. The molecule has 0 spiro atoms. The van der Waals surface area contributed by atoms with Crippen molar-refractivity contribution in [3.8, 4) is 11.5 Å². The second-order valence-electron chi connectivity index (χ2n) is 7.93. The van der Waals surface area contributed by atoms with E-state index in [0.717, 1.165) is 5.56 Å². The predicted octanol–water partition coefficient (Wildman–Crippen LogP) is 3.30. The minimum absolute atomic E-state index is 0.117. The van der Waals surface area contributed by atoms with E-state index in [1.165, 1.54) is 0 Å². The maximum Gasteiger partial charge on any atom is 0.254 e. The van der Waals surface area contributed by atoms with Gasteiger partial charge in [-0.05, 0) is 48.0 Å². The monoisotopic (exact) mass is 429 g/mol. The number of carbonyl (C=O) groups excluding carboxylic acids is 2. The van der Waals surface area contributed by atoms with Gasteiger partial charge in [-0.1, -0.05) is 18.2 Å². The van der Waals surface area contributed by atoms with Gasteiger partial charge in [0.05, 0.1) is 25.9 Å². The van der Waals surface area contributed by atoms with Crippen molar-refractivity contribution in [2.75, 3.05) is 18.6 Å². The lowest BCUT2D eigenvalue weighted by Gasteiger charge is -2.31. The topological polar surface area (TPSA) is 72.0 Å². The molecule has 32 heavy (non-hydrogen) atoms. The molecular formula is C25H23N3O4. The van der Waals surface area contributed by atoms with Crippen LogP contribution in [0.5, 0.6) is 11.5 Å². The highest BCUT2D eigenvalue weighted by atomic mass is 16.5. The Morgan fingerprint density at radius 1 is 1.12 bits per heavy atom. The molecule has 2 aromatic carbocycles. The van der Waals surface area contributed by atoms with E-state index in [-0.39, 0.29) is 17.9 Å². The minimum Gasteiger partial charge on any atom is -0.497 e. The summed E-state index contributed by atoms with van der Waals surface area (Å²) in [6.07, 6.45) is 3.66. The molecule has 3 aromatic rings. The van der Waals surface area contributed by atoms with Crippen LogP contribution in [0.2, 0.25) is 0 Å². The van der Waals surface area contributed by atoms with Gasteiger partial charge in [0, 0.05) is 24.4 Å². The molecule has 0 saturated carbocycles. The van der Waals surface area contributed by atoms with Crippen molar-refractivity contribution >= 4 is 17.5 Å². The lowest BCUT2D eigenvalue weighted by molar-refractivity contribution is -0.122. The lowest BCUT2D eigenvalue weighted by atomic mass is 10.1. The zero-order chi connectivity index (χ0) is 22.1. The summed E-state index contributed by atoms with van der Waals surface area (Å²) in [4.78, 5) is 34.7. The van der Waals surface area contributed by atoms with Crippen LogP contribution in [0, 0.1) is 0 Å². The number of anilines is 1. The van der Waals surface area contributed by atoms with Gasteiger partial charge in [0.15, 0.2) is 0 Å². The summed E-state index contributed by atoms with van der Waals surface area (Å²) in [5.41, 5.74) is 2.12. The molecule has 2 aliphatic rings. The summed E-state index contributed by atoms with van der Waals surface area (Å²) in [7, 11) is 1.58. The smallest absolute Gasteiger partial charge is 0.254 e. The Bertz CT molecular complexity index is 1130. The first-order valence-electron chi connectivity index (χ1n) is 10.5. The molecule has 162 valence electrons. The van der Waals surface area contributed by atoms with Gasteiger partial charge in [-0.25, -0.2) is 0 Å². The van der Waals surface area contributed by atoms with Crippen LogP contribution in [-0.4, -0.2) is 47.5 Å². The van der Waals surface area contributed by atoms with E-state index in [1.807, 2.05) is 36.4 Å². The number of likely N-dealkylation sites (tertiary alicyclic amines) is 1. The molecule has 7 heteroatoms. The van der Waals surface area contributed by atoms with Crippen molar-refractivity contribution in [2.24, 2.45) is 0 Å². The second kappa shape index (κ2) is 8.34. The molecule has 7 nitrogen and oxygen atoms in total. The highest BCUT2D eigenvalue weighted by Gasteiger charge is 2.45. The summed E-state index contributed by atoms with van der Waals surface area (Å²) in [6.45, 7) is 0.703. The van der Waals surface area contributed by atoms with Gasteiger partial charge in [-0.15, -0.1) is 0 Å². The molecule has 1 fully saturated rings. The van der Waals surface area contributed by atoms with Gasteiger partial charge < -0.3 is 19.3 Å². The number of benzene rings is 2. The number of hydrogen-bond acceptors (Lipinski definition) is 5. The normalized spacial score (nSPS) is 19.6. The maximum absolute atomic E-state index is 13.8. The van der Waals surface area contributed by atoms with E-state index in [9.17, 15) is 9.59 Å². The SMILES string of the molecule is COc1ccc(C(=O)N2C[C@@H]3C[C@H]2C(=O)N(Cc2cccnc2)c2ccccc2O3)cc1. The third kappa shape index (κ3) is 3.66. The Labute approximate surface area is 186 Å². The maximum atomic E-state index is 13.8. The number of rotatable bonds is 4. The van der Waals surface area contributed by atoms with Crippen LogP contribution in [-0.2, 0) is 11.3 Å². The van der Waals surface area contributed by atoms with Crippen molar-refractivity contribution in [2.45, 2.75) is 25.1 Å². The average Bonchev–Trinajstić information content (AvgIpc) is 3.27. The first-order valence-corrected chi connectivity index (χ1v) is 10.5. The molecule has 2 aliphatic heterocycles. The third-order valence-electron chi connectivity index (χ3n) is 5.92. The van der Waals surface area contributed by atoms with Crippen molar-refractivity contribution in [1.29, 1.82) is 0 Å². The zero-order valence-electron chi connectivity index (χ0n) is 17.7. The fourth-order valence-electron chi connectivity index (χ4n) is 4.34. The molecule has 0 unspecified atom stereocenters. The van der Waals surface area contributed by atoms with Crippen LogP contribution in [0.4, 0.5) is 5.69 Å². The quantitative estimate of drug-likeness (QED) is 0.636. The first kappa shape index (κ1) is 20.1. The molecule has 2 atom stereocenters. The summed E-state index contributed by atoms with van der Waals surface area (Å²) in [6, 6.07) is 17.6. The number of carbonyl (C=O) groups is 2. The summed E-state index contributed by atoms with van der Waals surface area (Å²) < 4.78 is 11.5. The van der Waals surface area contributed by atoms with Crippen LogP contribution in [0.15, 0.2) is 73.1 Å². The lowest BCUT2D eigenvalue weighted by Crippen LogP contribution is -2.47. The van der Waals surface area contributed by atoms with Gasteiger partial charge in [-0.2, -0.15) is 0 Å². The van der Waals surface area contributed by atoms with Crippen LogP contribution in [0.3, 0.4) is 0 Å². The zero-order valence-corrected chi connectivity index (χ0v) is 17.7. The Morgan fingerprint density at radius 3 is 2.69 bits per heavy atom. The molecule has 0 aliphatic carbocycles. The molecule has 2 bridgehead atoms. The van der Waals surface area contributed by atoms with E-state index in [0.29, 0.717) is 42.3 Å². The van der Waals surface area contributed by atoms with Gasteiger partial charge >= 0.3 is 0 Å². The van der Waals surface area contributed by atoms with Crippen LogP contribution >= 0.6 is 0 Å². The number of fused-ring (bicyclic) bond motifs is 3. The molecule has 1 saturated heterocycles. The fourth-order valence-corrected chi connectivity index (χ4v) is 4.34. The van der Waals surface area contributed by atoms with E-state index in [4.69, 9.17) is 9.47 Å². The number of methoxy groups -OCH3 is 1. The highest BCUT2D eigenvalue weighted by Crippen LogP contribution is 2.37. The minimum atomic E-state index is -0.598. The van der Waals surface area contributed by atoms with Crippen molar-refractivity contribution in [3.63, 3.8) is 0 Å². The Kier molecular flexibility index (Phi) is 5.23. The number of nitrogens with zero attached hydrogens (tertiary/aromatic N) is 3. The number of amides is 2. The Balaban J connectivity index is 1.49. The van der Waals surface area contributed by atoms with Gasteiger partial charge in [0.25, 0.3) is 5.91 Å². The summed E-state index contributed by atoms with van der Waals surface area (Å²) >= 11 is 0. The van der Waals surface area contributed by atoms with Gasteiger partial charge in [-0.3, -0.25) is 14.6 Å². The highest BCUT2D eigenvalue weighted by molar-refractivity contribution is 6.03. The van der Waals surface area contributed by atoms with E-state index in [1.54, 1.807) is 53.6 Å². The standard InChI is InChI=1S/C25H23N3O4/c1-31-19-10-8-18(9-11-19)24(29)28-16-20-13-22(28)25(30)27(15-17-5-4-12-26-14-17)21-6-2-3-7-23(21)32-20/h2-12,14,20,22H,13,15-16H2,1H3/t20-,22-/m0/s1. The molecule has 3 heterocycles. The first-order chi connectivity index (χ1) is 15.6. The molecule has 1 aromatic heterocycles. The Morgan fingerprint density at radius 2 is 1.94 bits per heavy atom. The second-order valence-corrected chi connectivity index (χ2v) is 7.93. The molecule has 0 radical (unpaired) electrons. The number of ether oxygens (including phenoxy) is 2. The van der Waals surface area contributed by atoms with Gasteiger partial charge in [0.1, 0.15) is 23.6 Å². The fraction of sp³-hybridized carbons (Fsp3) is 0.240. The van der Waals surface area contributed by atoms with Crippen LogP contribution in [0.25, 0.3) is 0 Å². The average molecular weight is 429 g/mol. The van der Waals surface area contributed by atoms with E-state index < -0.39 is 6.04 Å². The number of aromatic nitrogens is 1. The predicted molar refractivity (Wildman–Crippen MR) is 119 cm³/mol. The number of hydrogen-bond donors (Lipinski definition) is 0. The van der Waals surface area contributed by atoms with E-state index in [2.05, 4.69) is 4.98 Å². The molecular weight excluding hydrogens is 406 g/mol. The number of para-hydroxylation sites is 2. The van der Waals surface area contributed by atoms with Crippen molar-refractivity contribution in [1.82, 2.24) is 9.88 Å². The third-order valence-corrected chi connectivity index (χ3v) is 5.92. The molecule has 2 amide bonds. The Hall–Kier alpha value is -3.87. The van der Waals surface area contributed by atoms with Crippen molar-refractivity contribution in [3.05, 3.63) is 84.2 Å². The molecule has 5 rings (SSSR count). The van der Waals surface area contributed by atoms with Crippen LogP contribution < -0.4 is 14.4 Å².